The molecule has 0 radical (unpaired) electrons. The number of carbonyl (C=O) groups is 2. The van der Waals surface area contributed by atoms with Crippen molar-refractivity contribution in [1.82, 2.24) is 0 Å². The maximum Gasteiger partial charge on any atom is 0.159 e. The van der Waals surface area contributed by atoms with E-state index in [2.05, 4.69) is 79.4 Å². The molecule has 0 spiro atoms. The third-order valence-corrected chi connectivity index (χ3v) is 15.9. The minimum atomic E-state index is -1.97. The van der Waals surface area contributed by atoms with Gasteiger partial charge in [0.15, 0.2) is 5.78 Å². The van der Waals surface area contributed by atoms with Crippen LogP contribution in [0, 0.1) is 0 Å². The lowest BCUT2D eigenvalue weighted by molar-refractivity contribution is -0.114. The Bertz CT molecular complexity index is 813. The van der Waals surface area contributed by atoms with E-state index in [1.54, 1.807) is 0 Å². The Morgan fingerprint density at radius 1 is 0.897 bits per heavy atom. The molecule has 0 unspecified atom stereocenters. The molecule has 0 aromatic heterocycles. The number of carbonyl (C=O) groups excluding carboxylic acids is 2. The number of ketones is 1. The Kier molecular flexibility index (Phi) is 7.11. The van der Waals surface area contributed by atoms with Crippen LogP contribution in [-0.2, 0) is 4.79 Å². The monoisotopic (exact) mass is 426 g/mol. The van der Waals surface area contributed by atoms with Gasteiger partial charge in [0, 0.05) is 12.0 Å². The first-order valence-electron chi connectivity index (χ1n) is 10.9. The Morgan fingerprint density at radius 3 is 1.76 bits per heavy atom. The van der Waals surface area contributed by atoms with Crippen LogP contribution in [-0.4, -0.2) is 28.2 Å². The van der Waals surface area contributed by atoms with Crippen LogP contribution in [0.4, 0.5) is 0 Å². The van der Waals surface area contributed by atoms with Gasteiger partial charge in [-0.05, 0) is 38.2 Å². The standard InChI is InChI=1S/C25H38O2Si2/c1-17(2)29(18(3)4,19(5)6)24-15-22(14-23(24)27)25(28(7,8)9)21-12-10-20(16-26)11-13-21/h10-13,15-19H,14H2,1-9H3/b25-22+. The van der Waals surface area contributed by atoms with Crippen molar-refractivity contribution in [3.8, 4) is 0 Å². The van der Waals surface area contributed by atoms with Crippen molar-refractivity contribution >= 4 is 33.4 Å². The summed E-state index contributed by atoms with van der Waals surface area (Å²) in [6.45, 7) is 20.9. The third kappa shape index (κ3) is 4.34. The number of aldehydes is 1. The van der Waals surface area contributed by atoms with E-state index in [-0.39, 0.29) is 0 Å². The van der Waals surface area contributed by atoms with Gasteiger partial charge in [0.05, 0.1) is 16.1 Å². The van der Waals surface area contributed by atoms with Crippen LogP contribution in [0.1, 0.15) is 63.9 Å². The van der Waals surface area contributed by atoms with Crippen LogP contribution in [0.5, 0.6) is 0 Å². The Morgan fingerprint density at radius 2 is 1.38 bits per heavy atom. The van der Waals surface area contributed by atoms with E-state index in [0.717, 1.165) is 11.5 Å². The molecular formula is C25H38O2Si2. The predicted octanol–water partition coefficient (Wildman–Crippen LogP) is 7.25. The SMILES string of the molecule is CC(C)[Si](C1=C/C(=C(\c2ccc(C=O)cc2)[Si](C)(C)C)CC1=O)(C(C)C)C(C)C. The van der Waals surface area contributed by atoms with Crippen molar-refractivity contribution in [1.29, 1.82) is 0 Å². The van der Waals surface area contributed by atoms with E-state index in [4.69, 9.17) is 0 Å². The lowest BCUT2D eigenvalue weighted by Crippen LogP contribution is -2.48. The molecule has 0 atom stereocenters. The molecule has 0 N–H and O–H groups in total. The Balaban J connectivity index is 2.76. The summed E-state index contributed by atoms with van der Waals surface area (Å²) in [5.41, 5.74) is 4.67. The normalized spacial score (nSPS) is 17.4. The average Bonchev–Trinajstić information content (AvgIpc) is 2.95. The van der Waals surface area contributed by atoms with Crippen molar-refractivity contribution in [2.45, 2.75) is 84.2 Å². The van der Waals surface area contributed by atoms with Crippen molar-refractivity contribution in [3.63, 3.8) is 0 Å². The fourth-order valence-corrected chi connectivity index (χ4v) is 14.9. The van der Waals surface area contributed by atoms with E-state index in [1.807, 2.05) is 12.1 Å². The summed E-state index contributed by atoms with van der Waals surface area (Å²) in [6, 6.07) is 7.89. The molecule has 1 aliphatic rings. The topological polar surface area (TPSA) is 34.1 Å². The van der Waals surface area contributed by atoms with Gasteiger partial charge < -0.3 is 0 Å². The zero-order valence-electron chi connectivity index (χ0n) is 19.7. The second kappa shape index (κ2) is 8.69. The van der Waals surface area contributed by atoms with Crippen molar-refractivity contribution in [3.05, 3.63) is 52.2 Å². The number of benzene rings is 1. The Hall–Kier alpha value is -1.53. The van der Waals surface area contributed by atoms with Crippen molar-refractivity contribution in [2.75, 3.05) is 0 Å². The highest BCUT2D eigenvalue weighted by Gasteiger charge is 2.49. The molecule has 0 bridgehead atoms. The minimum absolute atomic E-state index is 0.350. The number of hydrogen-bond donors (Lipinski definition) is 0. The molecule has 29 heavy (non-hydrogen) atoms. The summed E-state index contributed by atoms with van der Waals surface area (Å²) in [4.78, 5) is 24.5. The summed E-state index contributed by atoms with van der Waals surface area (Å²) in [7, 11) is -3.68. The highest BCUT2D eigenvalue weighted by atomic mass is 28.3. The van der Waals surface area contributed by atoms with Gasteiger partial charge in [-0.25, -0.2) is 0 Å². The second-order valence-corrected chi connectivity index (χ2v) is 21.3. The fourth-order valence-electron chi connectivity index (χ4n) is 5.86. The van der Waals surface area contributed by atoms with Crippen LogP contribution < -0.4 is 0 Å². The largest absolute Gasteiger partial charge is 0.298 e. The summed E-state index contributed by atoms with van der Waals surface area (Å²) in [6.07, 6.45) is 3.72. The maximum absolute atomic E-state index is 13.4. The van der Waals surface area contributed by atoms with Crippen LogP contribution in [0.25, 0.3) is 5.20 Å². The fraction of sp³-hybridized carbons (Fsp3) is 0.520. The molecule has 0 heterocycles. The van der Waals surface area contributed by atoms with Crippen molar-refractivity contribution < 1.29 is 9.59 Å². The molecule has 2 rings (SSSR count). The lowest BCUT2D eigenvalue weighted by atomic mass is 10.1. The van der Waals surface area contributed by atoms with Gasteiger partial charge in [-0.15, -0.1) is 0 Å². The number of allylic oxidation sites excluding steroid dienone is 3. The van der Waals surface area contributed by atoms with Crippen LogP contribution in [0.15, 0.2) is 41.1 Å². The van der Waals surface area contributed by atoms with Gasteiger partial charge in [0.2, 0.25) is 0 Å². The summed E-state index contributed by atoms with van der Waals surface area (Å²) >= 11 is 0. The van der Waals surface area contributed by atoms with E-state index < -0.39 is 16.1 Å². The maximum atomic E-state index is 13.4. The molecule has 0 aliphatic heterocycles. The molecule has 4 heteroatoms. The zero-order chi connectivity index (χ0) is 22.1. The van der Waals surface area contributed by atoms with E-state index in [9.17, 15) is 9.59 Å². The second-order valence-electron chi connectivity index (χ2n) is 10.4. The van der Waals surface area contributed by atoms with Crippen molar-refractivity contribution in [2.24, 2.45) is 0 Å². The van der Waals surface area contributed by atoms with E-state index >= 15 is 0 Å². The first-order valence-corrected chi connectivity index (χ1v) is 16.6. The number of hydrogen-bond acceptors (Lipinski definition) is 2. The summed E-state index contributed by atoms with van der Waals surface area (Å²) < 4.78 is 0. The molecule has 1 aromatic carbocycles. The first kappa shape index (κ1) is 23.7. The molecule has 1 aromatic rings. The zero-order valence-corrected chi connectivity index (χ0v) is 21.7. The van der Waals surface area contributed by atoms with Crippen LogP contribution in [0.2, 0.25) is 36.3 Å². The molecule has 0 amide bonds. The molecule has 0 fully saturated rings. The molecule has 158 valence electrons. The van der Waals surface area contributed by atoms with Crippen LogP contribution >= 0.6 is 0 Å². The van der Waals surface area contributed by atoms with Gasteiger partial charge >= 0.3 is 0 Å². The summed E-state index contributed by atoms with van der Waals surface area (Å²) in [5.74, 6) is 0.350. The van der Waals surface area contributed by atoms with Gasteiger partial charge in [-0.2, -0.15) is 0 Å². The lowest BCUT2D eigenvalue weighted by Gasteiger charge is -2.43. The average molecular weight is 427 g/mol. The first-order chi connectivity index (χ1) is 13.4. The van der Waals surface area contributed by atoms with E-state index in [0.29, 0.717) is 34.4 Å². The highest BCUT2D eigenvalue weighted by molar-refractivity contribution is 6.95. The molecular weight excluding hydrogens is 388 g/mol. The van der Waals surface area contributed by atoms with Gasteiger partial charge in [-0.1, -0.05) is 91.5 Å². The number of Topliss-reactive ketones (excluding diaryl/α,β-unsaturated/α-hetero) is 1. The molecule has 2 nitrogen and oxygen atoms in total. The van der Waals surface area contributed by atoms with Gasteiger partial charge in [-0.3, -0.25) is 9.59 Å². The van der Waals surface area contributed by atoms with Crippen LogP contribution in [0.3, 0.4) is 0 Å². The number of rotatable bonds is 7. The van der Waals surface area contributed by atoms with Gasteiger partial charge in [0.25, 0.3) is 0 Å². The third-order valence-electron chi connectivity index (χ3n) is 6.71. The smallest absolute Gasteiger partial charge is 0.159 e. The summed E-state index contributed by atoms with van der Waals surface area (Å²) in [5, 5.41) is 2.52. The predicted molar refractivity (Wildman–Crippen MR) is 131 cm³/mol. The molecule has 0 saturated carbocycles. The van der Waals surface area contributed by atoms with Gasteiger partial charge in [0.1, 0.15) is 6.29 Å². The van der Waals surface area contributed by atoms with E-state index in [1.165, 1.54) is 16.3 Å². The quantitative estimate of drug-likeness (QED) is 0.340. The minimum Gasteiger partial charge on any atom is -0.298 e. The molecule has 1 aliphatic carbocycles. The molecule has 0 saturated heterocycles. The Labute approximate surface area is 179 Å². The highest BCUT2D eigenvalue weighted by Crippen LogP contribution is 2.50.